The lowest BCUT2D eigenvalue weighted by Crippen LogP contribution is -2.36. The van der Waals surface area contributed by atoms with Crippen molar-refractivity contribution in [2.45, 2.75) is 34.1 Å². The van der Waals surface area contributed by atoms with E-state index in [-0.39, 0.29) is 11.3 Å². The average Bonchev–Trinajstić information content (AvgIpc) is 2.38. The maximum atomic E-state index is 11.8. The molecule has 0 aliphatic heterocycles. The third-order valence-corrected chi connectivity index (χ3v) is 3.20. The topological polar surface area (TPSA) is 47.6 Å². The van der Waals surface area contributed by atoms with Crippen LogP contribution in [-0.2, 0) is 11.2 Å². The van der Waals surface area contributed by atoms with E-state index in [4.69, 9.17) is 9.47 Å². The van der Waals surface area contributed by atoms with E-state index in [1.165, 1.54) is 0 Å². The molecule has 1 N–H and O–H groups in total. The van der Waals surface area contributed by atoms with Crippen LogP contribution < -0.4 is 14.8 Å². The fraction of sp³-hybridized carbons (Fsp3) is 0.562. The maximum Gasteiger partial charge on any atom is 0.225 e. The summed E-state index contributed by atoms with van der Waals surface area (Å²) in [5.74, 6) is 1.51. The number of rotatable bonds is 5. The van der Waals surface area contributed by atoms with E-state index >= 15 is 0 Å². The van der Waals surface area contributed by atoms with Gasteiger partial charge in [0.25, 0.3) is 0 Å². The predicted molar refractivity (Wildman–Crippen MR) is 80.5 cm³/mol. The Balaban J connectivity index is 2.71. The van der Waals surface area contributed by atoms with Crippen LogP contribution in [0.2, 0.25) is 0 Å². The van der Waals surface area contributed by atoms with Crippen LogP contribution in [0.3, 0.4) is 0 Å². The second-order valence-corrected chi connectivity index (χ2v) is 5.89. The second kappa shape index (κ2) is 6.64. The van der Waals surface area contributed by atoms with Crippen LogP contribution in [0.25, 0.3) is 0 Å². The number of carbonyl (C=O) groups is 1. The summed E-state index contributed by atoms with van der Waals surface area (Å²) in [5.41, 5.74) is 1.93. The highest BCUT2D eigenvalue weighted by Gasteiger charge is 2.20. The van der Waals surface area contributed by atoms with Gasteiger partial charge in [0.15, 0.2) is 11.5 Å². The molecule has 0 radical (unpaired) electrons. The summed E-state index contributed by atoms with van der Waals surface area (Å²) >= 11 is 0. The van der Waals surface area contributed by atoms with E-state index < -0.39 is 0 Å². The van der Waals surface area contributed by atoms with Gasteiger partial charge in [-0.1, -0.05) is 20.8 Å². The Morgan fingerprint density at radius 2 is 1.70 bits per heavy atom. The molecule has 20 heavy (non-hydrogen) atoms. The molecule has 0 atom stereocenters. The molecule has 1 rings (SSSR count). The maximum absolute atomic E-state index is 11.8. The van der Waals surface area contributed by atoms with Gasteiger partial charge in [-0.15, -0.1) is 0 Å². The highest BCUT2D eigenvalue weighted by atomic mass is 16.5. The Kier molecular flexibility index (Phi) is 5.43. The molecule has 1 aromatic rings. The average molecular weight is 279 g/mol. The van der Waals surface area contributed by atoms with E-state index in [1.54, 1.807) is 14.2 Å². The van der Waals surface area contributed by atoms with Gasteiger partial charge in [-0.05, 0) is 36.6 Å². The Hall–Kier alpha value is -1.71. The summed E-state index contributed by atoms with van der Waals surface area (Å²) in [5, 5.41) is 2.95. The molecule has 4 nitrogen and oxygen atoms in total. The van der Waals surface area contributed by atoms with Crippen LogP contribution in [-0.4, -0.2) is 26.7 Å². The highest BCUT2D eigenvalue weighted by molar-refractivity contribution is 5.81. The van der Waals surface area contributed by atoms with Crippen molar-refractivity contribution in [1.82, 2.24) is 5.32 Å². The predicted octanol–water partition coefficient (Wildman–Crippen LogP) is 2.72. The normalized spacial score (nSPS) is 11.1. The lowest BCUT2D eigenvalue weighted by molar-refractivity contribution is -0.128. The van der Waals surface area contributed by atoms with Crippen LogP contribution in [0.1, 0.15) is 31.9 Å². The van der Waals surface area contributed by atoms with Crippen LogP contribution >= 0.6 is 0 Å². The van der Waals surface area contributed by atoms with Crippen molar-refractivity contribution in [2.24, 2.45) is 5.41 Å². The first-order chi connectivity index (χ1) is 9.29. The van der Waals surface area contributed by atoms with Gasteiger partial charge in [-0.3, -0.25) is 4.79 Å². The number of ether oxygens (including phenoxy) is 2. The standard InChI is InChI=1S/C16H25NO3/c1-11-9-13(19-5)14(20-6)10-12(11)7-8-17-15(18)16(2,3)4/h9-10H,7-8H2,1-6H3,(H,17,18). The zero-order chi connectivity index (χ0) is 15.3. The van der Waals surface area contributed by atoms with E-state index in [0.29, 0.717) is 6.54 Å². The van der Waals surface area contributed by atoms with Gasteiger partial charge in [-0.2, -0.15) is 0 Å². The molecule has 4 heteroatoms. The number of benzene rings is 1. The molecular formula is C16H25NO3. The Morgan fingerprint density at radius 3 is 2.20 bits per heavy atom. The lowest BCUT2D eigenvalue weighted by atomic mass is 9.95. The van der Waals surface area contributed by atoms with Crippen molar-refractivity contribution in [1.29, 1.82) is 0 Å². The van der Waals surface area contributed by atoms with E-state index in [0.717, 1.165) is 29.0 Å². The molecule has 0 spiro atoms. The molecule has 0 aliphatic carbocycles. The van der Waals surface area contributed by atoms with Crippen molar-refractivity contribution < 1.29 is 14.3 Å². The second-order valence-electron chi connectivity index (χ2n) is 5.89. The SMILES string of the molecule is COc1cc(C)c(CCNC(=O)C(C)(C)C)cc1OC. The number of nitrogens with one attached hydrogen (secondary N) is 1. The molecule has 1 aromatic carbocycles. The van der Waals surface area contributed by atoms with Gasteiger partial charge in [0.2, 0.25) is 5.91 Å². The molecule has 0 unspecified atom stereocenters. The molecule has 0 saturated carbocycles. The first-order valence-corrected chi connectivity index (χ1v) is 6.79. The monoisotopic (exact) mass is 279 g/mol. The Morgan fingerprint density at radius 1 is 1.15 bits per heavy atom. The Labute approximate surface area is 121 Å². The van der Waals surface area contributed by atoms with Gasteiger partial charge < -0.3 is 14.8 Å². The van der Waals surface area contributed by atoms with Crippen molar-refractivity contribution >= 4 is 5.91 Å². The molecule has 0 fully saturated rings. The molecule has 0 heterocycles. The molecule has 1 amide bonds. The van der Waals surface area contributed by atoms with Crippen molar-refractivity contribution in [3.8, 4) is 11.5 Å². The van der Waals surface area contributed by atoms with E-state index in [9.17, 15) is 4.79 Å². The fourth-order valence-corrected chi connectivity index (χ4v) is 1.87. The number of amides is 1. The van der Waals surface area contributed by atoms with Crippen molar-refractivity contribution in [3.05, 3.63) is 23.3 Å². The van der Waals surface area contributed by atoms with Crippen LogP contribution in [0, 0.1) is 12.3 Å². The van der Waals surface area contributed by atoms with Crippen molar-refractivity contribution in [3.63, 3.8) is 0 Å². The zero-order valence-corrected chi connectivity index (χ0v) is 13.3. The molecular weight excluding hydrogens is 254 g/mol. The fourth-order valence-electron chi connectivity index (χ4n) is 1.87. The minimum Gasteiger partial charge on any atom is -0.493 e. The minimum absolute atomic E-state index is 0.0654. The summed E-state index contributed by atoms with van der Waals surface area (Å²) in [6, 6.07) is 3.93. The van der Waals surface area contributed by atoms with Gasteiger partial charge in [0.1, 0.15) is 0 Å². The van der Waals surface area contributed by atoms with Gasteiger partial charge in [0, 0.05) is 12.0 Å². The number of carbonyl (C=O) groups excluding carboxylic acids is 1. The van der Waals surface area contributed by atoms with E-state index in [1.807, 2.05) is 39.8 Å². The van der Waals surface area contributed by atoms with E-state index in [2.05, 4.69) is 5.32 Å². The summed E-state index contributed by atoms with van der Waals surface area (Å²) in [4.78, 5) is 11.8. The molecule has 0 saturated heterocycles. The van der Waals surface area contributed by atoms with Gasteiger partial charge in [0.05, 0.1) is 14.2 Å². The quantitative estimate of drug-likeness (QED) is 0.901. The summed E-state index contributed by atoms with van der Waals surface area (Å²) in [6.45, 7) is 8.37. The zero-order valence-electron chi connectivity index (χ0n) is 13.3. The number of aryl methyl sites for hydroxylation is 1. The third-order valence-electron chi connectivity index (χ3n) is 3.20. The first kappa shape index (κ1) is 16.3. The van der Waals surface area contributed by atoms with Crippen LogP contribution in [0.5, 0.6) is 11.5 Å². The minimum atomic E-state index is -0.355. The molecule has 112 valence electrons. The number of methoxy groups -OCH3 is 2. The highest BCUT2D eigenvalue weighted by Crippen LogP contribution is 2.30. The molecule has 0 aromatic heterocycles. The summed E-state index contributed by atoms with van der Waals surface area (Å²) < 4.78 is 10.6. The largest absolute Gasteiger partial charge is 0.493 e. The van der Waals surface area contributed by atoms with Crippen molar-refractivity contribution in [2.75, 3.05) is 20.8 Å². The van der Waals surface area contributed by atoms with Crippen LogP contribution in [0.15, 0.2) is 12.1 Å². The molecule has 0 bridgehead atoms. The number of hydrogen-bond donors (Lipinski definition) is 1. The Bertz CT molecular complexity index is 475. The summed E-state index contributed by atoms with van der Waals surface area (Å²) in [7, 11) is 3.25. The first-order valence-electron chi connectivity index (χ1n) is 6.79. The smallest absolute Gasteiger partial charge is 0.225 e. The third kappa shape index (κ3) is 4.15. The number of hydrogen-bond acceptors (Lipinski definition) is 3. The lowest BCUT2D eigenvalue weighted by Gasteiger charge is -2.18. The van der Waals surface area contributed by atoms with Crippen LogP contribution in [0.4, 0.5) is 0 Å². The van der Waals surface area contributed by atoms with Gasteiger partial charge >= 0.3 is 0 Å². The summed E-state index contributed by atoms with van der Waals surface area (Å²) in [6.07, 6.45) is 0.772. The molecule has 0 aliphatic rings. The van der Waals surface area contributed by atoms with Gasteiger partial charge in [-0.25, -0.2) is 0 Å².